The maximum absolute atomic E-state index is 14.4. The minimum Gasteiger partial charge on any atom is -0.496 e. The first-order valence-corrected chi connectivity index (χ1v) is 18.0. The van der Waals surface area contributed by atoms with E-state index in [1.165, 1.54) is 33.9 Å². The average molecular weight is 628 g/mol. The molecule has 0 radical (unpaired) electrons. The lowest BCUT2D eigenvalue weighted by molar-refractivity contribution is -0.124. The summed E-state index contributed by atoms with van der Waals surface area (Å²) in [6, 6.07) is 15.4. The zero-order valence-electron chi connectivity index (χ0n) is 27.2. The highest BCUT2D eigenvalue weighted by Crippen LogP contribution is 2.44. The third-order valence-corrected chi connectivity index (χ3v) is 11.5. The molecule has 0 aliphatic heterocycles. The molecule has 0 bridgehead atoms. The van der Waals surface area contributed by atoms with E-state index < -0.39 is 0 Å². The van der Waals surface area contributed by atoms with Crippen molar-refractivity contribution in [3.8, 4) is 16.2 Å². The van der Waals surface area contributed by atoms with E-state index in [1.807, 2.05) is 13.1 Å². The topological polar surface area (TPSA) is 71.5 Å². The average Bonchev–Trinajstić information content (AvgIpc) is 3.80. The molecule has 6 nitrogen and oxygen atoms in total. The number of thiazole rings is 1. The molecule has 7 heteroatoms. The highest BCUT2D eigenvalue weighted by molar-refractivity contribution is 7.15. The first-order valence-electron chi connectivity index (χ1n) is 17.2. The van der Waals surface area contributed by atoms with Gasteiger partial charge in [0.05, 0.1) is 17.0 Å². The summed E-state index contributed by atoms with van der Waals surface area (Å²) in [6.07, 6.45) is 13.9. The molecule has 3 aliphatic carbocycles. The number of carbonyl (C=O) groups is 2. The molecular formula is C38H49N3O3S. The molecule has 0 spiro atoms. The molecule has 240 valence electrons. The maximum atomic E-state index is 14.4. The van der Waals surface area contributed by atoms with Crippen LogP contribution in [0.2, 0.25) is 0 Å². The van der Waals surface area contributed by atoms with Crippen LogP contribution < -0.4 is 15.0 Å². The highest BCUT2D eigenvalue weighted by atomic mass is 32.1. The second-order valence-corrected chi connectivity index (χ2v) is 14.7. The first-order chi connectivity index (χ1) is 21.9. The van der Waals surface area contributed by atoms with Crippen LogP contribution in [-0.4, -0.2) is 36.5 Å². The molecule has 3 aliphatic rings. The Morgan fingerprint density at radius 2 is 1.71 bits per heavy atom. The zero-order valence-corrected chi connectivity index (χ0v) is 28.0. The fraction of sp³-hybridized carbons (Fsp3) is 0.553. The van der Waals surface area contributed by atoms with Gasteiger partial charge in [-0.25, -0.2) is 4.98 Å². The Morgan fingerprint density at radius 3 is 2.40 bits per heavy atom. The van der Waals surface area contributed by atoms with E-state index in [1.54, 1.807) is 18.4 Å². The molecule has 6 rings (SSSR count). The summed E-state index contributed by atoms with van der Waals surface area (Å²) in [5.41, 5.74) is 4.75. The van der Waals surface area contributed by atoms with E-state index in [9.17, 15) is 9.59 Å². The van der Waals surface area contributed by atoms with E-state index >= 15 is 0 Å². The number of amides is 2. The number of nitrogens with zero attached hydrogens (tertiary/aromatic N) is 2. The molecule has 3 aromatic rings. The lowest BCUT2D eigenvalue weighted by Gasteiger charge is -2.36. The largest absolute Gasteiger partial charge is 0.496 e. The van der Waals surface area contributed by atoms with Gasteiger partial charge in [0.15, 0.2) is 0 Å². The van der Waals surface area contributed by atoms with Crippen LogP contribution in [0.25, 0.3) is 10.4 Å². The Balaban J connectivity index is 1.16. The number of hydrogen-bond donors (Lipinski definition) is 1. The summed E-state index contributed by atoms with van der Waals surface area (Å²) in [5.74, 6) is 3.01. The third-order valence-electron chi connectivity index (χ3n) is 10.3. The molecule has 0 unspecified atom stereocenters. The van der Waals surface area contributed by atoms with E-state index in [-0.39, 0.29) is 23.8 Å². The van der Waals surface area contributed by atoms with Crippen LogP contribution in [0, 0.1) is 18.8 Å². The number of aromatic nitrogens is 1. The second-order valence-electron chi connectivity index (χ2n) is 13.6. The van der Waals surface area contributed by atoms with Crippen LogP contribution in [0.5, 0.6) is 5.75 Å². The standard InChI is InChI=1S/C38H49N3O3S/c1-4-6-36(42)40-32-18-15-29(16-19-32)38(43)41(33-8-5-7-31(22-33)35-23-39-37(45-35)28-13-14-28)24-26-9-11-27(12-10-26)30-17-20-34(44-3)25(2)21-30/h5,7-8,17,20-23,26-29,32H,4,6,9-16,18-19,24H2,1-3H3,(H,40,42)/t26-,27-,29-,32-. The number of anilines is 1. The smallest absolute Gasteiger partial charge is 0.230 e. The number of ether oxygens (including phenoxy) is 1. The highest BCUT2D eigenvalue weighted by Gasteiger charge is 2.33. The van der Waals surface area contributed by atoms with Gasteiger partial charge in [0, 0.05) is 42.7 Å². The van der Waals surface area contributed by atoms with Gasteiger partial charge in [-0.3, -0.25) is 9.59 Å². The van der Waals surface area contributed by atoms with Crippen molar-refractivity contribution >= 4 is 28.8 Å². The van der Waals surface area contributed by atoms with Crippen LogP contribution in [0.3, 0.4) is 0 Å². The second kappa shape index (κ2) is 14.5. The fourth-order valence-electron chi connectivity index (χ4n) is 7.41. The van der Waals surface area contributed by atoms with Crippen LogP contribution in [0.4, 0.5) is 5.69 Å². The number of methoxy groups -OCH3 is 1. The summed E-state index contributed by atoms with van der Waals surface area (Å²) < 4.78 is 5.49. The Hall–Kier alpha value is -3.19. The minimum absolute atomic E-state index is 0.00327. The van der Waals surface area contributed by atoms with Crippen LogP contribution in [-0.2, 0) is 9.59 Å². The van der Waals surface area contributed by atoms with E-state index in [0.29, 0.717) is 24.2 Å². The monoisotopic (exact) mass is 627 g/mol. The summed E-state index contributed by atoms with van der Waals surface area (Å²) in [4.78, 5) is 34.6. The summed E-state index contributed by atoms with van der Waals surface area (Å²) in [5, 5.41) is 4.44. The van der Waals surface area contributed by atoms with Crippen molar-refractivity contribution in [2.24, 2.45) is 11.8 Å². The Morgan fingerprint density at radius 1 is 0.956 bits per heavy atom. The molecule has 3 fully saturated rings. The quantitative estimate of drug-likeness (QED) is 0.231. The SMILES string of the molecule is CCCC(=O)N[C@H]1CC[C@H](C(=O)N(C[C@H]2CC[C@H](c3ccc(OC)c(C)c3)CC2)c2cccc(-c3cnc(C4CC4)s3)c2)CC1. The van der Waals surface area contributed by atoms with Crippen molar-refractivity contribution in [3.63, 3.8) is 0 Å². The number of hydrogen-bond acceptors (Lipinski definition) is 5. The van der Waals surface area contributed by atoms with Gasteiger partial charge in [0.2, 0.25) is 11.8 Å². The van der Waals surface area contributed by atoms with Crippen LogP contribution >= 0.6 is 11.3 Å². The Kier molecular flexibility index (Phi) is 10.2. The summed E-state index contributed by atoms with van der Waals surface area (Å²) in [7, 11) is 1.73. The molecular weight excluding hydrogens is 579 g/mol. The van der Waals surface area contributed by atoms with Crippen molar-refractivity contribution in [1.29, 1.82) is 0 Å². The Bertz CT molecular complexity index is 1460. The van der Waals surface area contributed by atoms with Crippen molar-refractivity contribution in [3.05, 3.63) is 64.8 Å². The number of benzene rings is 2. The molecule has 2 aromatic carbocycles. The lowest BCUT2D eigenvalue weighted by Crippen LogP contribution is -2.44. The van der Waals surface area contributed by atoms with E-state index in [4.69, 9.17) is 9.72 Å². The maximum Gasteiger partial charge on any atom is 0.230 e. The number of rotatable bonds is 11. The van der Waals surface area contributed by atoms with E-state index in [0.717, 1.165) is 81.3 Å². The Labute approximate surface area is 273 Å². The number of nitrogens with one attached hydrogen (secondary N) is 1. The van der Waals surface area contributed by atoms with Gasteiger partial charge >= 0.3 is 0 Å². The molecule has 3 saturated carbocycles. The van der Waals surface area contributed by atoms with Gasteiger partial charge in [0.25, 0.3) is 0 Å². The van der Waals surface area contributed by atoms with Crippen LogP contribution in [0.1, 0.15) is 112 Å². The first kappa shape index (κ1) is 31.8. The zero-order chi connectivity index (χ0) is 31.3. The van der Waals surface area contributed by atoms with Gasteiger partial charge in [-0.15, -0.1) is 11.3 Å². The molecule has 0 saturated heterocycles. The normalized spacial score (nSPS) is 23.4. The predicted octanol–water partition coefficient (Wildman–Crippen LogP) is 8.79. The molecule has 1 N–H and O–H groups in total. The summed E-state index contributed by atoms with van der Waals surface area (Å²) >= 11 is 1.80. The van der Waals surface area contributed by atoms with Gasteiger partial charge in [-0.1, -0.05) is 31.2 Å². The van der Waals surface area contributed by atoms with Gasteiger partial charge in [0.1, 0.15) is 5.75 Å². The van der Waals surface area contributed by atoms with Gasteiger partial charge < -0.3 is 15.0 Å². The van der Waals surface area contributed by atoms with Gasteiger partial charge in [-0.2, -0.15) is 0 Å². The van der Waals surface area contributed by atoms with Gasteiger partial charge in [-0.05, 0) is 124 Å². The molecule has 1 aromatic heterocycles. The van der Waals surface area contributed by atoms with Crippen molar-refractivity contribution < 1.29 is 14.3 Å². The fourth-order valence-corrected chi connectivity index (χ4v) is 8.50. The predicted molar refractivity (Wildman–Crippen MR) is 183 cm³/mol. The molecule has 1 heterocycles. The molecule has 45 heavy (non-hydrogen) atoms. The van der Waals surface area contributed by atoms with Crippen LogP contribution in [0.15, 0.2) is 48.7 Å². The minimum atomic E-state index is -0.00327. The number of aryl methyl sites for hydroxylation is 1. The van der Waals surface area contributed by atoms with Crippen molar-refractivity contribution in [2.45, 2.75) is 109 Å². The van der Waals surface area contributed by atoms with E-state index in [2.05, 4.69) is 59.6 Å². The summed E-state index contributed by atoms with van der Waals surface area (Å²) in [6.45, 7) is 4.92. The number of carbonyl (C=O) groups excluding carboxylic acids is 2. The van der Waals surface area contributed by atoms with Crippen molar-refractivity contribution in [1.82, 2.24) is 10.3 Å². The van der Waals surface area contributed by atoms with Crippen molar-refractivity contribution in [2.75, 3.05) is 18.6 Å². The third kappa shape index (κ3) is 7.79. The molecule has 0 atom stereocenters. The molecule has 2 amide bonds. The lowest BCUT2D eigenvalue weighted by atomic mass is 9.78.